The number of hydrogen-bond acceptors (Lipinski definition) is 2. The molecule has 10 heavy (non-hydrogen) atoms. The Hall–Kier alpha value is -1.01. The van der Waals surface area contributed by atoms with E-state index in [1.807, 2.05) is 4.90 Å². The quantitative estimate of drug-likeness (QED) is 0.499. The first-order chi connectivity index (χ1) is 4.72. The van der Waals surface area contributed by atoms with Gasteiger partial charge in [-0.3, -0.25) is 9.69 Å². The molecule has 1 rings (SSSR count). The molecule has 1 aliphatic rings. The normalized spacial score (nSPS) is 19.5. The van der Waals surface area contributed by atoms with E-state index in [0.29, 0.717) is 12.5 Å². The molecule has 0 unspecified atom stereocenters. The molecule has 0 aliphatic carbocycles. The molecule has 0 bridgehead atoms. The minimum atomic E-state index is -0.282. The summed E-state index contributed by atoms with van der Waals surface area (Å²) in [7, 11) is 0. The minimum Gasteiger partial charge on any atom is -0.369 e. The summed E-state index contributed by atoms with van der Waals surface area (Å²) >= 11 is 0. The fourth-order valence-electron chi connectivity index (χ4n) is 1.02. The summed E-state index contributed by atoms with van der Waals surface area (Å²) < 4.78 is 0. The van der Waals surface area contributed by atoms with Crippen LogP contribution >= 0.6 is 0 Å². The average Bonchev–Trinajstić information content (AvgIpc) is 1.76. The molecular weight excluding hydrogens is 128 g/mol. The van der Waals surface area contributed by atoms with Gasteiger partial charge in [0.05, 0.1) is 6.54 Å². The van der Waals surface area contributed by atoms with Crippen LogP contribution in [0.4, 0.5) is 0 Å². The number of terminal acetylenes is 1. The van der Waals surface area contributed by atoms with E-state index in [4.69, 9.17) is 12.2 Å². The summed E-state index contributed by atoms with van der Waals surface area (Å²) in [5.41, 5.74) is 4.96. The highest BCUT2D eigenvalue weighted by molar-refractivity contribution is 5.76. The minimum absolute atomic E-state index is 0.282. The molecule has 1 aliphatic heterocycles. The van der Waals surface area contributed by atoms with Crippen LogP contribution in [0.5, 0.6) is 0 Å². The summed E-state index contributed by atoms with van der Waals surface area (Å²) in [6.07, 6.45) is 5.13. The standard InChI is InChI=1S/C7H10N2O/c1-2-6-3-9(4-6)5-7(8)10/h1,6H,3-5H2,(H2,8,10). The van der Waals surface area contributed by atoms with Gasteiger partial charge in [0.15, 0.2) is 0 Å². The molecule has 3 nitrogen and oxygen atoms in total. The Morgan fingerprint density at radius 3 is 2.80 bits per heavy atom. The third-order valence-electron chi connectivity index (χ3n) is 1.57. The van der Waals surface area contributed by atoms with Crippen molar-refractivity contribution in [3.8, 4) is 12.3 Å². The van der Waals surface area contributed by atoms with Gasteiger partial charge >= 0.3 is 0 Å². The lowest BCUT2D eigenvalue weighted by atomic mass is 10.0. The van der Waals surface area contributed by atoms with Crippen molar-refractivity contribution >= 4 is 5.91 Å². The molecule has 0 saturated carbocycles. The zero-order valence-electron chi connectivity index (χ0n) is 5.71. The number of amides is 1. The monoisotopic (exact) mass is 138 g/mol. The Morgan fingerprint density at radius 2 is 2.40 bits per heavy atom. The lowest BCUT2D eigenvalue weighted by molar-refractivity contribution is -0.120. The van der Waals surface area contributed by atoms with Gasteiger partial charge in [-0.25, -0.2) is 0 Å². The van der Waals surface area contributed by atoms with Gasteiger partial charge in [-0.05, 0) is 0 Å². The van der Waals surface area contributed by atoms with Crippen LogP contribution in [-0.4, -0.2) is 30.4 Å². The van der Waals surface area contributed by atoms with Crippen LogP contribution in [0.25, 0.3) is 0 Å². The molecule has 1 amide bonds. The van der Waals surface area contributed by atoms with Gasteiger partial charge < -0.3 is 5.73 Å². The summed E-state index contributed by atoms with van der Waals surface area (Å²) in [5, 5.41) is 0. The third kappa shape index (κ3) is 1.49. The van der Waals surface area contributed by atoms with E-state index in [1.165, 1.54) is 0 Å². The predicted molar refractivity (Wildman–Crippen MR) is 38.0 cm³/mol. The van der Waals surface area contributed by atoms with Crippen molar-refractivity contribution in [2.75, 3.05) is 19.6 Å². The molecule has 1 fully saturated rings. The summed E-state index contributed by atoms with van der Waals surface area (Å²) in [6.45, 7) is 1.98. The van der Waals surface area contributed by atoms with Crippen molar-refractivity contribution in [2.45, 2.75) is 0 Å². The van der Waals surface area contributed by atoms with Crippen molar-refractivity contribution in [3.05, 3.63) is 0 Å². The van der Waals surface area contributed by atoms with Crippen molar-refractivity contribution < 1.29 is 4.79 Å². The zero-order chi connectivity index (χ0) is 7.56. The molecule has 54 valence electrons. The van der Waals surface area contributed by atoms with E-state index >= 15 is 0 Å². The fourth-order valence-corrected chi connectivity index (χ4v) is 1.02. The van der Waals surface area contributed by atoms with Crippen LogP contribution in [0, 0.1) is 18.3 Å². The maximum absolute atomic E-state index is 10.3. The van der Waals surface area contributed by atoms with Crippen LogP contribution in [0.1, 0.15) is 0 Å². The molecule has 0 aromatic rings. The van der Waals surface area contributed by atoms with Crippen molar-refractivity contribution in [1.82, 2.24) is 4.90 Å². The Kier molecular flexibility index (Phi) is 1.93. The molecule has 0 aromatic carbocycles. The van der Waals surface area contributed by atoms with Crippen molar-refractivity contribution in [2.24, 2.45) is 11.7 Å². The highest BCUT2D eigenvalue weighted by Crippen LogP contribution is 2.12. The van der Waals surface area contributed by atoms with Crippen molar-refractivity contribution in [3.63, 3.8) is 0 Å². The van der Waals surface area contributed by atoms with Crippen molar-refractivity contribution in [1.29, 1.82) is 0 Å². The summed E-state index contributed by atoms with van der Waals surface area (Å²) in [4.78, 5) is 12.3. The molecule has 3 heteroatoms. The molecule has 0 spiro atoms. The largest absolute Gasteiger partial charge is 0.369 e. The number of nitrogens with two attached hydrogens (primary N) is 1. The van der Waals surface area contributed by atoms with E-state index in [1.54, 1.807) is 0 Å². The summed E-state index contributed by atoms with van der Waals surface area (Å²) in [6, 6.07) is 0. The number of carbonyl (C=O) groups is 1. The molecule has 2 N–H and O–H groups in total. The Bertz CT molecular complexity index is 177. The zero-order valence-corrected chi connectivity index (χ0v) is 5.71. The molecular formula is C7H10N2O. The first-order valence-electron chi connectivity index (χ1n) is 3.19. The van der Waals surface area contributed by atoms with Gasteiger partial charge in [0.1, 0.15) is 0 Å². The topological polar surface area (TPSA) is 46.3 Å². The van der Waals surface area contributed by atoms with Crippen LogP contribution in [0.15, 0.2) is 0 Å². The van der Waals surface area contributed by atoms with Crippen LogP contribution in [0.3, 0.4) is 0 Å². The molecule has 0 aromatic heterocycles. The van der Waals surface area contributed by atoms with E-state index in [-0.39, 0.29) is 5.91 Å². The van der Waals surface area contributed by atoms with E-state index in [0.717, 1.165) is 13.1 Å². The fraction of sp³-hybridized carbons (Fsp3) is 0.571. The lowest BCUT2D eigenvalue weighted by Crippen LogP contribution is -2.49. The number of carbonyl (C=O) groups excluding carboxylic acids is 1. The maximum atomic E-state index is 10.3. The first-order valence-corrected chi connectivity index (χ1v) is 3.19. The van der Waals surface area contributed by atoms with Gasteiger partial charge in [0.25, 0.3) is 0 Å². The third-order valence-corrected chi connectivity index (χ3v) is 1.57. The SMILES string of the molecule is C#CC1CN(CC(N)=O)C1. The number of nitrogens with zero attached hydrogens (tertiary/aromatic N) is 1. The van der Waals surface area contributed by atoms with E-state index in [9.17, 15) is 4.79 Å². The van der Waals surface area contributed by atoms with Crippen LogP contribution in [-0.2, 0) is 4.79 Å². The Balaban J connectivity index is 2.16. The highest BCUT2D eigenvalue weighted by atomic mass is 16.1. The second kappa shape index (κ2) is 2.72. The summed E-state index contributed by atoms with van der Waals surface area (Å²) in [5.74, 6) is 2.66. The van der Waals surface area contributed by atoms with Gasteiger partial charge in [-0.1, -0.05) is 0 Å². The second-order valence-corrected chi connectivity index (χ2v) is 2.52. The average molecular weight is 138 g/mol. The maximum Gasteiger partial charge on any atom is 0.231 e. The second-order valence-electron chi connectivity index (χ2n) is 2.52. The van der Waals surface area contributed by atoms with E-state index < -0.39 is 0 Å². The smallest absolute Gasteiger partial charge is 0.231 e. The van der Waals surface area contributed by atoms with Gasteiger partial charge in [0.2, 0.25) is 5.91 Å². The molecule has 1 saturated heterocycles. The number of hydrogen-bond donors (Lipinski definition) is 1. The number of rotatable bonds is 2. The van der Waals surface area contributed by atoms with Gasteiger partial charge in [-0.15, -0.1) is 12.3 Å². The van der Waals surface area contributed by atoms with Crippen LogP contribution in [0.2, 0.25) is 0 Å². The van der Waals surface area contributed by atoms with Crippen LogP contribution < -0.4 is 5.73 Å². The van der Waals surface area contributed by atoms with E-state index in [2.05, 4.69) is 5.92 Å². The number of primary amides is 1. The Labute approximate surface area is 60.2 Å². The van der Waals surface area contributed by atoms with Gasteiger partial charge in [0, 0.05) is 19.0 Å². The first kappa shape index (κ1) is 7.10. The lowest BCUT2D eigenvalue weighted by Gasteiger charge is -2.34. The highest BCUT2D eigenvalue weighted by Gasteiger charge is 2.25. The molecule has 0 atom stereocenters. The van der Waals surface area contributed by atoms with Gasteiger partial charge in [-0.2, -0.15) is 0 Å². The predicted octanol–water partition coefficient (Wildman–Crippen LogP) is -0.963. The molecule has 0 radical (unpaired) electrons. The molecule has 1 heterocycles. The Morgan fingerprint density at radius 1 is 1.80 bits per heavy atom. The number of likely N-dealkylation sites (tertiary alicyclic amines) is 1.